The zero-order valence-electron chi connectivity index (χ0n) is 12.5. The molecule has 0 aromatic carbocycles. The molecule has 0 amide bonds. The van der Waals surface area contributed by atoms with Gasteiger partial charge in [0.25, 0.3) is 0 Å². The summed E-state index contributed by atoms with van der Waals surface area (Å²) >= 11 is 5.17. The summed E-state index contributed by atoms with van der Waals surface area (Å²) in [5.41, 5.74) is 5.81. The van der Waals surface area contributed by atoms with Gasteiger partial charge in [0.05, 0.1) is 4.99 Å². The molecule has 1 aliphatic rings. The van der Waals surface area contributed by atoms with E-state index in [0.29, 0.717) is 4.99 Å². The molecule has 0 spiro atoms. The average Bonchev–Trinajstić information content (AvgIpc) is 2.76. The van der Waals surface area contributed by atoms with E-state index in [-0.39, 0.29) is 5.41 Å². The summed E-state index contributed by atoms with van der Waals surface area (Å²) in [6, 6.07) is 0.801. The molecule has 0 unspecified atom stereocenters. The largest absolute Gasteiger partial charge is 0.393 e. The highest BCUT2D eigenvalue weighted by molar-refractivity contribution is 7.80. The van der Waals surface area contributed by atoms with Gasteiger partial charge in [0.2, 0.25) is 0 Å². The van der Waals surface area contributed by atoms with E-state index in [2.05, 4.69) is 32.6 Å². The number of nitrogens with zero attached hydrogens (tertiary/aromatic N) is 1. The highest BCUT2D eigenvalue weighted by atomic mass is 32.1. The molecule has 1 aliphatic carbocycles. The SMILES string of the molecule is CC(C)CN(CCC(C)(C)C(N)=S)C1CCCC1. The first-order chi connectivity index (χ1) is 8.33. The van der Waals surface area contributed by atoms with Crippen molar-refractivity contribution in [2.75, 3.05) is 13.1 Å². The lowest BCUT2D eigenvalue weighted by atomic mass is 9.89. The molecule has 2 nitrogen and oxygen atoms in total. The molecule has 0 atom stereocenters. The fourth-order valence-corrected chi connectivity index (χ4v) is 2.81. The lowest BCUT2D eigenvalue weighted by Crippen LogP contribution is -2.40. The van der Waals surface area contributed by atoms with Crippen LogP contribution in [0.3, 0.4) is 0 Å². The van der Waals surface area contributed by atoms with Gasteiger partial charge in [-0.25, -0.2) is 0 Å². The summed E-state index contributed by atoms with van der Waals surface area (Å²) in [7, 11) is 0. The van der Waals surface area contributed by atoms with Crippen LogP contribution in [0.1, 0.15) is 59.8 Å². The van der Waals surface area contributed by atoms with E-state index in [4.69, 9.17) is 18.0 Å². The van der Waals surface area contributed by atoms with Crippen molar-refractivity contribution < 1.29 is 0 Å². The fourth-order valence-electron chi connectivity index (χ4n) is 2.71. The van der Waals surface area contributed by atoms with Crippen molar-refractivity contribution in [3.05, 3.63) is 0 Å². The number of rotatable bonds is 7. The zero-order valence-corrected chi connectivity index (χ0v) is 13.4. The normalized spacial score (nSPS) is 17.9. The minimum absolute atomic E-state index is 0.0107. The molecule has 0 bridgehead atoms. The van der Waals surface area contributed by atoms with Crippen molar-refractivity contribution >= 4 is 17.2 Å². The van der Waals surface area contributed by atoms with Crippen LogP contribution >= 0.6 is 12.2 Å². The van der Waals surface area contributed by atoms with E-state index >= 15 is 0 Å². The lowest BCUT2D eigenvalue weighted by Gasteiger charge is -2.33. The Morgan fingerprint density at radius 3 is 2.33 bits per heavy atom. The van der Waals surface area contributed by atoms with Crippen molar-refractivity contribution in [3.8, 4) is 0 Å². The van der Waals surface area contributed by atoms with Crippen molar-refractivity contribution in [1.82, 2.24) is 4.90 Å². The standard InChI is InChI=1S/C15H30N2S/c1-12(2)11-17(13-7-5-6-8-13)10-9-15(3,4)14(16)18/h12-13H,5-11H2,1-4H3,(H2,16,18). The van der Waals surface area contributed by atoms with E-state index in [0.717, 1.165) is 24.9 Å². The van der Waals surface area contributed by atoms with Crippen LogP contribution < -0.4 is 5.73 Å². The fraction of sp³-hybridized carbons (Fsp3) is 0.933. The molecule has 0 heterocycles. The lowest BCUT2D eigenvalue weighted by molar-refractivity contribution is 0.162. The smallest absolute Gasteiger partial charge is 0.0784 e. The molecular formula is C15H30N2S. The highest BCUT2D eigenvalue weighted by Gasteiger charge is 2.27. The van der Waals surface area contributed by atoms with Crippen LogP contribution in [0, 0.1) is 11.3 Å². The molecule has 3 heteroatoms. The molecule has 106 valence electrons. The van der Waals surface area contributed by atoms with Gasteiger partial charge in [-0.15, -0.1) is 0 Å². The Balaban J connectivity index is 2.53. The van der Waals surface area contributed by atoms with E-state index in [1.54, 1.807) is 0 Å². The van der Waals surface area contributed by atoms with Crippen molar-refractivity contribution in [2.24, 2.45) is 17.1 Å². The van der Waals surface area contributed by atoms with Gasteiger partial charge in [-0.05, 0) is 31.7 Å². The highest BCUT2D eigenvalue weighted by Crippen LogP contribution is 2.27. The Bertz CT molecular complexity index is 268. The predicted octanol–water partition coefficient (Wildman–Crippen LogP) is 3.59. The Hall–Kier alpha value is -0.150. The summed E-state index contributed by atoms with van der Waals surface area (Å²) < 4.78 is 0. The number of thiocarbonyl (C=S) groups is 1. The van der Waals surface area contributed by atoms with Gasteiger partial charge >= 0.3 is 0 Å². The molecule has 2 N–H and O–H groups in total. The maximum atomic E-state index is 5.82. The van der Waals surface area contributed by atoms with Crippen LogP contribution in [0.2, 0.25) is 0 Å². The Kier molecular flexibility index (Phi) is 6.06. The molecule has 0 aromatic rings. The predicted molar refractivity (Wildman–Crippen MR) is 83.9 cm³/mol. The van der Waals surface area contributed by atoms with Crippen LogP contribution in [-0.2, 0) is 0 Å². The van der Waals surface area contributed by atoms with E-state index in [1.807, 2.05) is 0 Å². The Morgan fingerprint density at radius 1 is 1.33 bits per heavy atom. The molecule has 1 rings (SSSR count). The minimum Gasteiger partial charge on any atom is -0.393 e. The van der Waals surface area contributed by atoms with Gasteiger partial charge in [-0.1, -0.05) is 52.8 Å². The van der Waals surface area contributed by atoms with Crippen LogP contribution in [0.5, 0.6) is 0 Å². The summed E-state index contributed by atoms with van der Waals surface area (Å²) in [6.07, 6.45) is 6.63. The number of hydrogen-bond acceptors (Lipinski definition) is 2. The van der Waals surface area contributed by atoms with E-state index in [1.165, 1.54) is 32.2 Å². The molecular weight excluding hydrogens is 240 g/mol. The molecule has 1 saturated carbocycles. The first kappa shape index (κ1) is 15.9. The van der Waals surface area contributed by atoms with Crippen LogP contribution in [0.25, 0.3) is 0 Å². The quantitative estimate of drug-likeness (QED) is 0.717. The van der Waals surface area contributed by atoms with Crippen molar-refractivity contribution in [1.29, 1.82) is 0 Å². The summed E-state index contributed by atoms with van der Waals surface area (Å²) in [6.45, 7) is 11.3. The second-order valence-corrected chi connectivity index (χ2v) is 7.27. The maximum absolute atomic E-state index is 5.82. The third-order valence-electron chi connectivity index (χ3n) is 4.13. The topological polar surface area (TPSA) is 29.3 Å². The molecule has 0 aliphatic heterocycles. The summed E-state index contributed by atoms with van der Waals surface area (Å²) in [5, 5.41) is 0. The summed E-state index contributed by atoms with van der Waals surface area (Å²) in [5.74, 6) is 0.735. The average molecular weight is 270 g/mol. The first-order valence-electron chi connectivity index (χ1n) is 7.37. The maximum Gasteiger partial charge on any atom is 0.0784 e. The second-order valence-electron chi connectivity index (χ2n) is 6.83. The van der Waals surface area contributed by atoms with Gasteiger partial charge < -0.3 is 10.6 Å². The van der Waals surface area contributed by atoms with E-state index < -0.39 is 0 Å². The first-order valence-corrected chi connectivity index (χ1v) is 7.77. The van der Waals surface area contributed by atoms with Gasteiger partial charge in [0.1, 0.15) is 0 Å². The van der Waals surface area contributed by atoms with Gasteiger partial charge in [-0.3, -0.25) is 0 Å². The monoisotopic (exact) mass is 270 g/mol. The van der Waals surface area contributed by atoms with E-state index in [9.17, 15) is 0 Å². The number of hydrogen-bond donors (Lipinski definition) is 1. The van der Waals surface area contributed by atoms with Gasteiger partial charge in [-0.2, -0.15) is 0 Å². The molecule has 18 heavy (non-hydrogen) atoms. The third-order valence-corrected chi connectivity index (χ3v) is 4.68. The van der Waals surface area contributed by atoms with Crippen LogP contribution in [-0.4, -0.2) is 29.0 Å². The minimum atomic E-state index is -0.0107. The second kappa shape index (κ2) is 6.85. The molecule has 0 radical (unpaired) electrons. The van der Waals surface area contributed by atoms with Gasteiger partial charge in [0.15, 0.2) is 0 Å². The number of nitrogens with two attached hydrogens (primary N) is 1. The third kappa shape index (κ3) is 4.85. The molecule has 0 saturated heterocycles. The summed E-state index contributed by atoms with van der Waals surface area (Å²) in [4.78, 5) is 3.33. The van der Waals surface area contributed by atoms with Gasteiger partial charge in [0, 0.05) is 18.0 Å². The Morgan fingerprint density at radius 2 is 1.89 bits per heavy atom. The molecule has 0 aromatic heterocycles. The van der Waals surface area contributed by atoms with Crippen molar-refractivity contribution in [2.45, 2.75) is 65.8 Å². The zero-order chi connectivity index (χ0) is 13.8. The Labute approximate surface area is 118 Å². The van der Waals surface area contributed by atoms with Crippen molar-refractivity contribution in [3.63, 3.8) is 0 Å². The van der Waals surface area contributed by atoms with Crippen LogP contribution in [0.15, 0.2) is 0 Å². The molecule has 1 fully saturated rings. The van der Waals surface area contributed by atoms with Crippen LogP contribution in [0.4, 0.5) is 0 Å².